The summed E-state index contributed by atoms with van der Waals surface area (Å²) in [4.78, 5) is 11.9. The van der Waals surface area contributed by atoms with Crippen LogP contribution < -0.4 is 0 Å². The van der Waals surface area contributed by atoms with Crippen molar-refractivity contribution in [2.45, 2.75) is 83.9 Å². The zero-order chi connectivity index (χ0) is 19.8. The summed E-state index contributed by atoms with van der Waals surface area (Å²) >= 11 is 0. The number of aliphatic hydroxyl groups is 2. The molecule has 5 nitrogen and oxygen atoms in total. The molecule has 4 fully saturated rings. The molecule has 0 amide bonds. The molecule has 0 aromatic rings. The van der Waals surface area contributed by atoms with E-state index in [0.717, 1.165) is 24.8 Å². The van der Waals surface area contributed by atoms with Gasteiger partial charge in [-0.3, -0.25) is 4.79 Å². The lowest BCUT2D eigenvalue weighted by atomic mass is 9.40. The number of aliphatic hydroxyl groups excluding tert-OH is 1. The number of allylic oxidation sites excluding steroid dienone is 2. The van der Waals surface area contributed by atoms with Crippen molar-refractivity contribution in [2.24, 2.45) is 22.2 Å². The van der Waals surface area contributed by atoms with Crippen LogP contribution in [0.5, 0.6) is 0 Å². The molecule has 2 N–H and O–H groups in total. The van der Waals surface area contributed by atoms with E-state index in [9.17, 15) is 15.0 Å². The maximum absolute atomic E-state index is 12.1. The Morgan fingerprint density at radius 1 is 1.30 bits per heavy atom. The summed E-state index contributed by atoms with van der Waals surface area (Å²) < 4.78 is 11.9. The number of hydrogen-bond acceptors (Lipinski definition) is 5. The molecule has 0 radical (unpaired) electrons. The first-order valence-corrected chi connectivity index (χ1v) is 10.1. The number of rotatable bonds is 2. The summed E-state index contributed by atoms with van der Waals surface area (Å²) in [6.45, 7) is 11.8. The van der Waals surface area contributed by atoms with Crippen molar-refractivity contribution in [3.8, 4) is 0 Å². The number of carbonyl (C=O) groups is 1. The van der Waals surface area contributed by atoms with Crippen molar-refractivity contribution in [1.82, 2.24) is 0 Å². The van der Waals surface area contributed by atoms with E-state index in [0.29, 0.717) is 12.8 Å². The van der Waals surface area contributed by atoms with Gasteiger partial charge in [-0.05, 0) is 36.7 Å². The topological polar surface area (TPSA) is 76.0 Å². The van der Waals surface area contributed by atoms with Crippen LogP contribution in [0.4, 0.5) is 0 Å². The maximum atomic E-state index is 12.1. The summed E-state index contributed by atoms with van der Waals surface area (Å²) in [6, 6.07) is 0. The highest BCUT2D eigenvalue weighted by Gasteiger charge is 2.76. The van der Waals surface area contributed by atoms with Crippen LogP contribution in [-0.2, 0) is 14.3 Å². The van der Waals surface area contributed by atoms with E-state index in [1.807, 2.05) is 6.08 Å². The predicted molar refractivity (Wildman–Crippen MR) is 101 cm³/mol. The average Bonchev–Trinajstić information content (AvgIpc) is 2.57. The molecule has 2 saturated carbocycles. The Kier molecular flexibility index (Phi) is 4.03. The number of fused-ring (bicyclic) bond motifs is 1. The molecule has 150 valence electrons. The van der Waals surface area contributed by atoms with Gasteiger partial charge in [0.2, 0.25) is 0 Å². The third-order valence-electron chi connectivity index (χ3n) is 7.98. The predicted octanol–water partition coefficient (Wildman–Crippen LogP) is 3.11. The Balaban J connectivity index is 1.95. The minimum Gasteiger partial charge on any atom is -0.459 e. The van der Waals surface area contributed by atoms with Crippen LogP contribution in [-0.4, -0.2) is 40.3 Å². The van der Waals surface area contributed by atoms with Gasteiger partial charge >= 0.3 is 5.97 Å². The average molecular weight is 376 g/mol. The van der Waals surface area contributed by atoms with Crippen molar-refractivity contribution in [2.75, 3.05) is 0 Å². The van der Waals surface area contributed by atoms with Gasteiger partial charge in [-0.15, -0.1) is 6.58 Å². The third-order valence-corrected chi connectivity index (χ3v) is 7.98. The van der Waals surface area contributed by atoms with Gasteiger partial charge in [0.15, 0.2) is 6.29 Å². The molecule has 2 saturated heterocycles. The molecule has 7 atom stereocenters. The molecule has 5 aliphatic rings. The fourth-order valence-corrected chi connectivity index (χ4v) is 6.73. The lowest BCUT2D eigenvalue weighted by Gasteiger charge is -2.71. The molecule has 2 heterocycles. The van der Waals surface area contributed by atoms with Gasteiger partial charge in [0, 0.05) is 18.3 Å². The number of hydrogen-bond donors (Lipinski definition) is 2. The Morgan fingerprint density at radius 3 is 2.63 bits per heavy atom. The van der Waals surface area contributed by atoms with Crippen molar-refractivity contribution >= 4 is 5.97 Å². The molecule has 27 heavy (non-hydrogen) atoms. The molecule has 0 aromatic carbocycles. The highest BCUT2D eigenvalue weighted by atomic mass is 16.6. The van der Waals surface area contributed by atoms with Gasteiger partial charge in [-0.2, -0.15) is 0 Å². The zero-order valence-corrected chi connectivity index (χ0v) is 16.8. The fraction of sp³-hybridized carbons (Fsp3) is 0.773. The van der Waals surface area contributed by atoms with Gasteiger partial charge in [0.05, 0.1) is 11.0 Å². The highest BCUT2D eigenvalue weighted by Crippen LogP contribution is 2.70. The van der Waals surface area contributed by atoms with Gasteiger partial charge in [0.25, 0.3) is 0 Å². The van der Waals surface area contributed by atoms with Crippen LogP contribution in [0.2, 0.25) is 0 Å². The van der Waals surface area contributed by atoms with Crippen molar-refractivity contribution in [3.05, 3.63) is 24.3 Å². The van der Waals surface area contributed by atoms with E-state index in [1.54, 1.807) is 0 Å². The lowest BCUT2D eigenvalue weighted by molar-refractivity contribution is -0.379. The Labute approximate surface area is 161 Å². The van der Waals surface area contributed by atoms with Crippen LogP contribution >= 0.6 is 0 Å². The molecule has 0 aromatic heterocycles. The molecule has 0 unspecified atom stereocenters. The van der Waals surface area contributed by atoms with Gasteiger partial charge in [0.1, 0.15) is 12.2 Å². The SMILES string of the molecule is C=C[C@]1(C)C=C2[C@H]3O[C@@H](O)[C@@]4(CCCC(C)(C)[C@@H]4[C@H]3OC(C)=O)[C@@]2(O)CC1. The monoisotopic (exact) mass is 376 g/mol. The van der Waals surface area contributed by atoms with E-state index >= 15 is 0 Å². The second-order valence-corrected chi connectivity index (χ2v) is 10.0. The lowest BCUT2D eigenvalue weighted by Crippen LogP contribution is -2.79. The molecule has 3 aliphatic carbocycles. The standard InChI is InChI=1S/C22H32O5/c1-6-20(5)10-11-22(25)14(12-20)15-16(26-13(2)23)17-19(3,4)8-7-9-21(17,22)18(24)27-15/h6,12,15-18,24-25H,1,7-11H2,2-5H3/t15-,16+,17+,18-,20+,21+,22-/m1/s1. The fourth-order valence-electron chi connectivity index (χ4n) is 6.73. The summed E-state index contributed by atoms with van der Waals surface area (Å²) in [6.07, 6.45) is 5.61. The van der Waals surface area contributed by atoms with Crippen molar-refractivity contribution < 1.29 is 24.5 Å². The van der Waals surface area contributed by atoms with Crippen LogP contribution in [0.15, 0.2) is 24.3 Å². The normalized spacial score (nSPS) is 50.2. The molecule has 2 aliphatic heterocycles. The molecule has 2 bridgehead atoms. The number of ether oxygens (including phenoxy) is 2. The Hall–Kier alpha value is -1.17. The quantitative estimate of drug-likeness (QED) is 0.572. The second-order valence-electron chi connectivity index (χ2n) is 10.0. The van der Waals surface area contributed by atoms with E-state index < -0.39 is 29.5 Å². The number of carbonyl (C=O) groups excluding carboxylic acids is 1. The van der Waals surface area contributed by atoms with Gasteiger partial charge in [-0.25, -0.2) is 0 Å². The van der Waals surface area contributed by atoms with E-state index in [4.69, 9.17) is 9.47 Å². The summed E-state index contributed by atoms with van der Waals surface area (Å²) in [5, 5.41) is 23.2. The molecular formula is C22H32O5. The second kappa shape index (κ2) is 5.68. The van der Waals surface area contributed by atoms with Crippen LogP contribution in [0.25, 0.3) is 0 Å². The maximum Gasteiger partial charge on any atom is 0.303 e. The molecular weight excluding hydrogens is 344 g/mol. The summed E-state index contributed by atoms with van der Waals surface area (Å²) in [5.41, 5.74) is -1.66. The number of esters is 1. The minimum atomic E-state index is -1.14. The summed E-state index contributed by atoms with van der Waals surface area (Å²) in [7, 11) is 0. The van der Waals surface area contributed by atoms with Crippen LogP contribution in [0, 0.1) is 22.2 Å². The van der Waals surface area contributed by atoms with E-state index in [1.165, 1.54) is 6.92 Å². The first-order chi connectivity index (χ1) is 12.5. The van der Waals surface area contributed by atoms with Crippen LogP contribution in [0.1, 0.15) is 59.8 Å². The Morgan fingerprint density at radius 2 is 2.00 bits per heavy atom. The Bertz CT molecular complexity index is 711. The largest absolute Gasteiger partial charge is 0.459 e. The first-order valence-electron chi connectivity index (χ1n) is 10.1. The van der Waals surface area contributed by atoms with E-state index in [-0.39, 0.29) is 22.7 Å². The van der Waals surface area contributed by atoms with Gasteiger partial charge < -0.3 is 19.7 Å². The first kappa shape index (κ1) is 19.2. The minimum absolute atomic E-state index is 0.161. The smallest absolute Gasteiger partial charge is 0.303 e. The molecule has 1 spiro atoms. The highest BCUT2D eigenvalue weighted by molar-refractivity contribution is 5.66. The zero-order valence-electron chi connectivity index (χ0n) is 16.8. The van der Waals surface area contributed by atoms with Crippen LogP contribution in [0.3, 0.4) is 0 Å². The van der Waals surface area contributed by atoms with Gasteiger partial charge in [-0.1, -0.05) is 39.3 Å². The molecule has 5 heteroatoms. The summed E-state index contributed by atoms with van der Waals surface area (Å²) in [5.74, 6) is -0.514. The molecule has 5 rings (SSSR count). The van der Waals surface area contributed by atoms with Crippen molar-refractivity contribution in [1.29, 1.82) is 0 Å². The van der Waals surface area contributed by atoms with Crippen molar-refractivity contribution in [3.63, 3.8) is 0 Å². The third kappa shape index (κ3) is 2.31. The van der Waals surface area contributed by atoms with E-state index in [2.05, 4.69) is 33.4 Å².